The van der Waals surface area contributed by atoms with Crippen LogP contribution in [0.25, 0.3) is 11.0 Å². The summed E-state index contributed by atoms with van der Waals surface area (Å²) in [5.74, 6) is 0. The Morgan fingerprint density at radius 1 is 1.14 bits per heavy atom. The third-order valence-corrected chi connectivity index (χ3v) is 3.00. The van der Waals surface area contributed by atoms with E-state index in [-0.39, 0.29) is 0 Å². The van der Waals surface area contributed by atoms with E-state index in [1.54, 1.807) is 6.33 Å². The lowest BCUT2D eigenvalue weighted by atomic mass is 10.1. The first kappa shape index (κ1) is 7.97. The summed E-state index contributed by atoms with van der Waals surface area (Å²) >= 11 is 0. The van der Waals surface area contributed by atoms with Crippen LogP contribution in [0.15, 0.2) is 12.5 Å². The maximum Gasteiger partial charge on any atom is 0.116 e. The fourth-order valence-electron chi connectivity index (χ4n) is 2.31. The molecule has 3 nitrogen and oxygen atoms in total. The SMILES string of the molecule is c1ncc2[nH]c3c(c2n1)CCCCC3. The van der Waals surface area contributed by atoms with Gasteiger partial charge >= 0.3 is 0 Å². The minimum absolute atomic E-state index is 1.10. The minimum atomic E-state index is 1.10. The molecule has 3 heteroatoms. The van der Waals surface area contributed by atoms with Crippen LogP contribution >= 0.6 is 0 Å². The molecule has 1 aliphatic carbocycles. The number of nitrogens with one attached hydrogen (secondary N) is 1. The van der Waals surface area contributed by atoms with Crippen molar-refractivity contribution in [1.82, 2.24) is 15.0 Å². The lowest BCUT2D eigenvalue weighted by molar-refractivity contribution is 0.708. The van der Waals surface area contributed by atoms with Crippen molar-refractivity contribution in [3.05, 3.63) is 23.8 Å². The van der Waals surface area contributed by atoms with Crippen molar-refractivity contribution in [1.29, 1.82) is 0 Å². The maximum absolute atomic E-state index is 4.35. The van der Waals surface area contributed by atoms with Crippen molar-refractivity contribution in [3.63, 3.8) is 0 Å². The zero-order valence-corrected chi connectivity index (χ0v) is 8.08. The molecule has 0 radical (unpaired) electrons. The van der Waals surface area contributed by atoms with Crippen LogP contribution in [0.5, 0.6) is 0 Å². The lowest BCUT2D eigenvalue weighted by Gasteiger charge is -1.95. The summed E-state index contributed by atoms with van der Waals surface area (Å²) in [7, 11) is 0. The van der Waals surface area contributed by atoms with E-state index in [9.17, 15) is 0 Å². The summed E-state index contributed by atoms with van der Waals surface area (Å²) in [5.41, 5.74) is 5.05. The number of aromatic nitrogens is 3. The second-order valence-corrected chi connectivity index (χ2v) is 3.93. The molecule has 0 amide bonds. The summed E-state index contributed by atoms with van der Waals surface area (Å²) in [6, 6.07) is 0. The fourth-order valence-corrected chi connectivity index (χ4v) is 2.31. The van der Waals surface area contributed by atoms with Crippen molar-refractivity contribution in [2.24, 2.45) is 0 Å². The Hall–Kier alpha value is -1.38. The molecule has 0 saturated heterocycles. The molecule has 0 spiro atoms. The molecule has 0 bridgehead atoms. The Bertz CT molecular complexity index is 459. The zero-order chi connectivity index (χ0) is 9.38. The van der Waals surface area contributed by atoms with Crippen molar-refractivity contribution >= 4 is 11.0 Å². The van der Waals surface area contributed by atoms with E-state index in [1.165, 1.54) is 43.4 Å². The summed E-state index contributed by atoms with van der Waals surface area (Å²) in [4.78, 5) is 11.8. The van der Waals surface area contributed by atoms with Gasteiger partial charge in [-0.1, -0.05) is 6.42 Å². The largest absolute Gasteiger partial charge is 0.356 e. The van der Waals surface area contributed by atoms with Crippen molar-refractivity contribution < 1.29 is 0 Å². The molecular weight excluding hydrogens is 174 g/mol. The Morgan fingerprint density at radius 2 is 2.07 bits per heavy atom. The normalized spacial score (nSPS) is 16.6. The van der Waals surface area contributed by atoms with Gasteiger partial charge in [-0.15, -0.1) is 0 Å². The van der Waals surface area contributed by atoms with Crippen molar-refractivity contribution in [3.8, 4) is 0 Å². The third-order valence-electron chi connectivity index (χ3n) is 3.00. The molecule has 0 fully saturated rings. The van der Waals surface area contributed by atoms with Gasteiger partial charge in [0.2, 0.25) is 0 Å². The van der Waals surface area contributed by atoms with E-state index in [0.29, 0.717) is 0 Å². The second kappa shape index (κ2) is 3.08. The molecule has 0 atom stereocenters. The summed E-state index contributed by atoms with van der Waals surface area (Å²) in [5, 5.41) is 0. The standard InChI is InChI=1S/C11H13N3/c1-2-4-8-9(5-3-1)14-10-6-12-7-13-11(8)10/h6-7,14H,1-5H2. The quantitative estimate of drug-likeness (QED) is 0.642. The summed E-state index contributed by atoms with van der Waals surface area (Å²) < 4.78 is 0. The van der Waals surface area contributed by atoms with E-state index in [4.69, 9.17) is 0 Å². The molecule has 1 aliphatic rings. The highest BCUT2D eigenvalue weighted by atomic mass is 14.9. The number of aromatic amines is 1. The topological polar surface area (TPSA) is 41.6 Å². The Balaban J connectivity index is 2.24. The van der Waals surface area contributed by atoms with Crippen molar-refractivity contribution in [2.45, 2.75) is 32.1 Å². The van der Waals surface area contributed by atoms with Crippen LogP contribution in [0.1, 0.15) is 30.5 Å². The van der Waals surface area contributed by atoms with Gasteiger partial charge in [0, 0.05) is 5.69 Å². The van der Waals surface area contributed by atoms with Gasteiger partial charge in [0.25, 0.3) is 0 Å². The van der Waals surface area contributed by atoms with Gasteiger partial charge in [0.05, 0.1) is 17.2 Å². The molecule has 0 saturated carbocycles. The van der Waals surface area contributed by atoms with E-state index in [0.717, 1.165) is 11.0 Å². The molecule has 14 heavy (non-hydrogen) atoms. The van der Waals surface area contributed by atoms with Crippen LogP contribution in [-0.4, -0.2) is 15.0 Å². The average Bonchev–Trinajstić information content (AvgIpc) is 2.42. The van der Waals surface area contributed by atoms with Gasteiger partial charge in [0.15, 0.2) is 0 Å². The molecule has 1 N–H and O–H groups in total. The van der Waals surface area contributed by atoms with E-state index < -0.39 is 0 Å². The van der Waals surface area contributed by atoms with Crippen LogP contribution in [0.2, 0.25) is 0 Å². The Labute approximate surface area is 82.6 Å². The molecule has 2 heterocycles. The Morgan fingerprint density at radius 3 is 3.07 bits per heavy atom. The van der Waals surface area contributed by atoms with Crippen LogP contribution < -0.4 is 0 Å². The average molecular weight is 187 g/mol. The molecule has 3 rings (SSSR count). The number of nitrogens with zero attached hydrogens (tertiary/aromatic N) is 2. The van der Waals surface area contributed by atoms with Gasteiger partial charge < -0.3 is 4.98 Å². The van der Waals surface area contributed by atoms with Gasteiger partial charge in [-0.05, 0) is 31.2 Å². The number of aryl methyl sites for hydroxylation is 2. The lowest BCUT2D eigenvalue weighted by Crippen LogP contribution is -1.87. The first-order valence-electron chi connectivity index (χ1n) is 5.24. The predicted octanol–water partition coefficient (Wildman–Crippen LogP) is 2.23. The molecule has 72 valence electrons. The minimum Gasteiger partial charge on any atom is -0.356 e. The molecule has 2 aromatic heterocycles. The second-order valence-electron chi connectivity index (χ2n) is 3.93. The van der Waals surface area contributed by atoms with Crippen LogP contribution in [0.4, 0.5) is 0 Å². The van der Waals surface area contributed by atoms with Crippen LogP contribution in [0.3, 0.4) is 0 Å². The number of H-pyrrole nitrogens is 1. The smallest absolute Gasteiger partial charge is 0.116 e. The van der Waals surface area contributed by atoms with E-state index in [2.05, 4.69) is 15.0 Å². The molecule has 0 aliphatic heterocycles. The zero-order valence-electron chi connectivity index (χ0n) is 8.08. The molecular formula is C11H13N3. The van der Waals surface area contributed by atoms with E-state index >= 15 is 0 Å². The predicted molar refractivity (Wildman–Crippen MR) is 55.1 cm³/mol. The molecule has 0 aromatic carbocycles. The maximum atomic E-state index is 4.35. The molecule has 0 unspecified atom stereocenters. The Kier molecular flexibility index (Phi) is 1.76. The number of hydrogen-bond acceptors (Lipinski definition) is 2. The first-order chi connectivity index (χ1) is 6.95. The van der Waals surface area contributed by atoms with Gasteiger partial charge in [-0.3, -0.25) is 0 Å². The fraction of sp³-hybridized carbons (Fsp3) is 0.455. The molecule has 2 aromatic rings. The number of rotatable bonds is 0. The highest BCUT2D eigenvalue weighted by Crippen LogP contribution is 2.25. The highest BCUT2D eigenvalue weighted by molar-refractivity contribution is 5.79. The first-order valence-corrected chi connectivity index (χ1v) is 5.24. The number of fused-ring (bicyclic) bond motifs is 3. The number of hydrogen-bond donors (Lipinski definition) is 1. The highest BCUT2D eigenvalue weighted by Gasteiger charge is 2.14. The van der Waals surface area contributed by atoms with E-state index in [1.807, 2.05) is 6.20 Å². The summed E-state index contributed by atoms with van der Waals surface area (Å²) in [6.45, 7) is 0. The van der Waals surface area contributed by atoms with Crippen LogP contribution in [0, 0.1) is 0 Å². The monoisotopic (exact) mass is 187 g/mol. The summed E-state index contributed by atoms with van der Waals surface area (Å²) in [6.07, 6.45) is 9.79. The van der Waals surface area contributed by atoms with Gasteiger partial charge in [-0.25, -0.2) is 9.97 Å². The van der Waals surface area contributed by atoms with Gasteiger partial charge in [-0.2, -0.15) is 0 Å². The van der Waals surface area contributed by atoms with Gasteiger partial charge in [0.1, 0.15) is 6.33 Å². The van der Waals surface area contributed by atoms with Crippen molar-refractivity contribution in [2.75, 3.05) is 0 Å². The third kappa shape index (κ3) is 1.12. The van der Waals surface area contributed by atoms with Crippen LogP contribution in [-0.2, 0) is 12.8 Å².